The predicted molar refractivity (Wildman–Crippen MR) is 64.4 cm³/mol. The molecule has 15 heavy (non-hydrogen) atoms. The van der Waals surface area contributed by atoms with Gasteiger partial charge in [0.15, 0.2) is 0 Å². The molecule has 0 amide bonds. The van der Waals surface area contributed by atoms with Gasteiger partial charge in [-0.05, 0) is 19.3 Å². The average molecular weight is 228 g/mol. The molecule has 1 aromatic rings. The van der Waals surface area contributed by atoms with Crippen LogP contribution in [0.2, 0.25) is 0 Å². The second-order valence-corrected chi connectivity index (χ2v) is 4.09. The minimum absolute atomic E-state index is 0.255. The SMILES string of the molecule is CCc1cc(NCCC(Cl)CC)ncn1. The average Bonchev–Trinajstić information content (AvgIpc) is 2.29. The quantitative estimate of drug-likeness (QED) is 0.760. The van der Waals surface area contributed by atoms with Crippen molar-refractivity contribution in [1.82, 2.24) is 9.97 Å². The van der Waals surface area contributed by atoms with E-state index in [9.17, 15) is 0 Å². The zero-order chi connectivity index (χ0) is 11.1. The van der Waals surface area contributed by atoms with Crippen molar-refractivity contribution < 1.29 is 0 Å². The maximum absolute atomic E-state index is 6.02. The van der Waals surface area contributed by atoms with Crippen LogP contribution < -0.4 is 5.32 Å². The van der Waals surface area contributed by atoms with Crippen molar-refractivity contribution in [3.63, 3.8) is 0 Å². The van der Waals surface area contributed by atoms with Crippen molar-refractivity contribution in [2.24, 2.45) is 0 Å². The summed E-state index contributed by atoms with van der Waals surface area (Å²) in [7, 11) is 0. The van der Waals surface area contributed by atoms with E-state index in [1.807, 2.05) is 6.07 Å². The van der Waals surface area contributed by atoms with E-state index in [4.69, 9.17) is 11.6 Å². The zero-order valence-electron chi connectivity index (χ0n) is 9.33. The summed E-state index contributed by atoms with van der Waals surface area (Å²) in [5, 5.41) is 3.50. The number of halogens is 1. The molecule has 0 saturated carbocycles. The Hall–Kier alpha value is -0.830. The van der Waals surface area contributed by atoms with Crippen molar-refractivity contribution in [3.8, 4) is 0 Å². The molecular formula is C11H18ClN3. The van der Waals surface area contributed by atoms with Gasteiger partial charge in [-0.25, -0.2) is 9.97 Å². The molecule has 0 aliphatic rings. The number of hydrogen-bond donors (Lipinski definition) is 1. The molecule has 84 valence electrons. The van der Waals surface area contributed by atoms with E-state index in [1.54, 1.807) is 6.33 Å². The number of nitrogens with one attached hydrogen (secondary N) is 1. The maximum atomic E-state index is 6.02. The third kappa shape index (κ3) is 4.47. The van der Waals surface area contributed by atoms with Crippen LogP contribution in [0, 0.1) is 0 Å². The standard InChI is InChI=1S/C11H18ClN3/c1-3-9(12)5-6-13-11-7-10(4-2)14-8-15-11/h7-9H,3-6H2,1-2H3,(H,13,14,15). The number of aryl methyl sites for hydroxylation is 1. The van der Waals surface area contributed by atoms with Gasteiger partial charge >= 0.3 is 0 Å². The number of aromatic nitrogens is 2. The topological polar surface area (TPSA) is 37.8 Å². The van der Waals surface area contributed by atoms with Crippen LogP contribution in [0.25, 0.3) is 0 Å². The van der Waals surface area contributed by atoms with Gasteiger partial charge in [-0.1, -0.05) is 13.8 Å². The summed E-state index contributed by atoms with van der Waals surface area (Å²) in [4.78, 5) is 8.28. The third-order valence-electron chi connectivity index (χ3n) is 2.29. The molecule has 0 bridgehead atoms. The highest BCUT2D eigenvalue weighted by Crippen LogP contribution is 2.08. The smallest absolute Gasteiger partial charge is 0.129 e. The fraction of sp³-hybridized carbons (Fsp3) is 0.636. The first-order chi connectivity index (χ1) is 7.26. The monoisotopic (exact) mass is 227 g/mol. The Morgan fingerprint density at radius 1 is 1.40 bits per heavy atom. The molecule has 0 radical (unpaired) electrons. The lowest BCUT2D eigenvalue weighted by Crippen LogP contribution is -2.09. The van der Waals surface area contributed by atoms with E-state index in [2.05, 4.69) is 29.1 Å². The molecule has 1 atom stereocenters. The number of nitrogens with zero attached hydrogens (tertiary/aromatic N) is 2. The molecular weight excluding hydrogens is 210 g/mol. The van der Waals surface area contributed by atoms with Gasteiger partial charge in [0, 0.05) is 23.7 Å². The molecule has 4 heteroatoms. The summed E-state index contributed by atoms with van der Waals surface area (Å²) >= 11 is 6.02. The fourth-order valence-electron chi connectivity index (χ4n) is 1.25. The van der Waals surface area contributed by atoms with Crippen molar-refractivity contribution >= 4 is 17.4 Å². The van der Waals surface area contributed by atoms with Gasteiger partial charge in [0.1, 0.15) is 12.1 Å². The summed E-state index contributed by atoms with van der Waals surface area (Å²) in [6.07, 6.45) is 4.50. The Labute approximate surface area is 96.3 Å². The summed E-state index contributed by atoms with van der Waals surface area (Å²) in [5.41, 5.74) is 1.06. The van der Waals surface area contributed by atoms with Crippen LogP contribution in [0.15, 0.2) is 12.4 Å². The molecule has 3 nitrogen and oxygen atoms in total. The van der Waals surface area contributed by atoms with Crippen LogP contribution in [0.4, 0.5) is 5.82 Å². The van der Waals surface area contributed by atoms with Gasteiger partial charge in [-0.2, -0.15) is 0 Å². The molecule has 0 fully saturated rings. The first kappa shape index (κ1) is 12.2. The Balaban J connectivity index is 2.37. The van der Waals surface area contributed by atoms with Crippen molar-refractivity contribution in [3.05, 3.63) is 18.1 Å². The minimum Gasteiger partial charge on any atom is -0.370 e. The molecule has 1 aromatic heterocycles. The Bertz CT molecular complexity index is 291. The largest absolute Gasteiger partial charge is 0.370 e. The molecule has 0 aromatic carbocycles. The summed E-state index contributed by atoms with van der Waals surface area (Å²) in [5.74, 6) is 0.891. The highest BCUT2D eigenvalue weighted by Gasteiger charge is 2.01. The Morgan fingerprint density at radius 2 is 2.20 bits per heavy atom. The van der Waals surface area contributed by atoms with Crippen molar-refractivity contribution in [2.45, 2.75) is 38.5 Å². The van der Waals surface area contributed by atoms with Crippen molar-refractivity contribution in [2.75, 3.05) is 11.9 Å². The lowest BCUT2D eigenvalue weighted by molar-refractivity contribution is 0.751. The fourth-order valence-corrected chi connectivity index (χ4v) is 1.36. The highest BCUT2D eigenvalue weighted by molar-refractivity contribution is 6.20. The van der Waals surface area contributed by atoms with E-state index in [0.29, 0.717) is 0 Å². The summed E-state index contributed by atoms with van der Waals surface area (Å²) in [6.45, 7) is 5.04. The van der Waals surface area contributed by atoms with Crippen LogP contribution in [0.5, 0.6) is 0 Å². The molecule has 0 spiro atoms. The maximum Gasteiger partial charge on any atom is 0.129 e. The number of anilines is 1. The van der Waals surface area contributed by atoms with Crippen LogP contribution >= 0.6 is 11.6 Å². The lowest BCUT2D eigenvalue weighted by atomic mass is 10.2. The van der Waals surface area contributed by atoms with Crippen molar-refractivity contribution in [1.29, 1.82) is 0 Å². The number of rotatable bonds is 6. The molecule has 1 heterocycles. The summed E-state index contributed by atoms with van der Waals surface area (Å²) in [6, 6.07) is 1.98. The minimum atomic E-state index is 0.255. The Kier molecular flexibility index (Phi) is 5.40. The summed E-state index contributed by atoms with van der Waals surface area (Å²) < 4.78 is 0. The zero-order valence-corrected chi connectivity index (χ0v) is 10.1. The molecule has 1 unspecified atom stereocenters. The second kappa shape index (κ2) is 6.62. The molecule has 1 rings (SSSR count). The van der Waals surface area contributed by atoms with E-state index in [-0.39, 0.29) is 5.38 Å². The number of alkyl halides is 1. The molecule has 0 aliphatic heterocycles. The van der Waals surface area contributed by atoms with Crippen LogP contribution in [0.1, 0.15) is 32.4 Å². The van der Waals surface area contributed by atoms with Crippen LogP contribution in [-0.2, 0) is 6.42 Å². The molecule has 0 aliphatic carbocycles. The van der Waals surface area contributed by atoms with E-state index in [1.165, 1.54) is 0 Å². The first-order valence-electron chi connectivity index (χ1n) is 5.45. The van der Waals surface area contributed by atoms with E-state index >= 15 is 0 Å². The normalized spacial score (nSPS) is 12.5. The van der Waals surface area contributed by atoms with Gasteiger partial charge in [-0.3, -0.25) is 0 Å². The van der Waals surface area contributed by atoms with Gasteiger partial charge in [0.2, 0.25) is 0 Å². The number of hydrogen-bond acceptors (Lipinski definition) is 3. The molecule has 1 N–H and O–H groups in total. The third-order valence-corrected chi connectivity index (χ3v) is 2.82. The van der Waals surface area contributed by atoms with Gasteiger partial charge in [0.25, 0.3) is 0 Å². The van der Waals surface area contributed by atoms with Gasteiger partial charge < -0.3 is 5.32 Å². The van der Waals surface area contributed by atoms with Crippen LogP contribution in [-0.4, -0.2) is 21.9 Å². The lowest BCUT2D eigenvalue weighted by Gasteiger charge is -2.08. The highest BCUT2D eigenvalue weighted by atomic mass is 35.5. The van der Waals surface area contributed by atoms with E-state index < -0.39 is 0 Å². The van der Waals surface area contributed by atoms with E-state index in [0.717, 1.165) is 37.3 Å². The van der Waals surface area contributed by atoms with Crippen LogP contribution in [0.3, 0.4) is 0 Å². The Morgan fingerprint density at radius 3 is 2.87 bits per heavy atom. The van der Waals surface area contributed by atoms with Gasteiger partial charge in [-0.15, -0.1) is 11.6 Å². The van der Waals surface area contributed by atoms with Gasteiger partial charge in [0.05, 0.1) is 0 Å². The molecule has 0 saturated heterocycles. The first-order valence-corrected chi connectivity index (χ1v) is 5.88. The second-order valence-electron chi connectivity index (χ2n) is 3.47. The predicted octanol–water partition coefficient (Wildman–Crippen LogP) is 2.86.